The second-order valence-electron chi connectivity index (χ2n) is 7.31. The van der Waals surface area contributed by atoms with Crippen LogP contribution in [0.4, 0.5) is 0 Å². The molecule has 2 aromatic rings. The number of benzene rings is 1. The predicted octanol–water partition coefficient (Wildman–Crippen LogP) is 4.23. The van der Waals surface area contributed by atoms with E-state index in [-0.39, 0.29) is 17.5 Å². The monoisotopic (exact) mass is 428 g/mol. The summed E-state index contributed by atoms with van der Waals surface area (Å²) in [7, 11) is 3.05. The minimum absolute atomic E-state index is 0.230. The number of carbonyl (C=O) groups excluding carboxylic acids is 2. The normalized spacial score (nSPS) is 14.8. The van der Waals surface area contributed by atoms with Crippen molar-refractivity contribution in [3.63, 3.8) is 0 Å². The number of carbonyl (C=O) groups is 2. The van der Waals surface area contributed by atoms with Crippen LogP contribution < -0.4 is 20.1 Å². The van der Waals surface area contributed by atoms with Crippen molar-refractivity contribution in [2.24, 2.45) is 5.92 Å². The molecule has 0 radical (unpaired) electrons. The highest BCUT2D eigenvalue weighted by Crippen LogP contribution is 2.27. The van der Waals surface area contributed by atoms with Gasteiger partial charge in [-0.1, -0.05) is 25.3 Å². The Morgan fingerprint density at radius 1 is 1.10 bits per heavy atom. The molecule has 7 heteroatoms. The minimum atomic E-state index is -0.383. The molecular formula is C23H28N2O4S. The summed E-state index contributed by atoms with van der Waals surface area (Å²) in [6.45, 7) is 0.632. The van der Waals surface area contributed by atoms with Gasteiger partial charge in [0.25, 0.3) is 11.8 Å². The van der Waals surface area contributed by atoms with Gasteiger partial charge in [0.15, 0.2) is 11.5 Å². The third kappa shape index (κ3) is 5.86. The zero-order chi connectivity index (χ0) is 21.3. The maximum Gasteiger partial charge on any atom is 0.267 e. The third-order valence-electron chi connectivity index (χ3n) is 5.24. The molecule has 1 aliphatic rings. The highest BCUT2D eigenvalue weighted by atomic mass is 32.1. The molecule has 2 N–H and O–H groups in total. The summed E-state index contributed by atoms with van der Waals surface area (Å²) in [6.07, 6.45) is 7.70. The Morgan fingerprint density at radius 3 is 2.53 bits per heavy atom. The molecule has 160 valence electrons. The van der Waals surface area contributed by atoms with Gasteiger partial charge in [-0.25, -0.2) is 0 Å². The first-order valence-electron chi connectivity index (χ1n) is 10.2. The molecule has 1 aromatic carbocycles. The second kappa shape index (κ2) is 10.8. The van der Waals surface area contributed by atoms with Crippen molar-refractivity contribution in [2.45, 2.75) is 32.1 Å². The second-order valence-corrected chi connectivity index (χ2v) is 8.29. The van der Waals surface area contributed by atoms with E-state index in [0.717, 1.165) is 17.7 Å². The Labute approximate surface area is 181 Å². The summed E-state index contributed by atoms with van der Waals surface area (Å²) in [5, 5.41) is 7.70. The van der Waals surface area contributed by atoms with Gasteiger partial charge in [-0.2, -0.15) is 0 Å². The van der Waals surface area contributed by atoms with E-state index < -0.39 is 0 Å². The molecule has 1 saturated carbocycles. The lowest BCUT2D eigenvalue weighted by molar-refractivity contribution is -0.117. The number of methoxy groups -OCH3 is 2. The van der Waals surface area contributed by atoms with E-state index in [0.29, 0.717) is 29.5 Å². The largest absolute Gasteiger partial charge is 0.493 e. The van der Waals surface area contributed by atoms with Crippen LogP contribution in [0, 0.1) is 5.92 Å². The summed E-state index contributed by atoms with van der Waals surface area (Å²) < 4.78 is 10.5. The lowest BCUT2D eigenvalue weighted by Crippen LogP contribution is -2.37. The molecule has 30 heavy (non-hydrogen) atoms. The van der Waals surface area contributed by atoms with Gasteiger partial charge in [0.1, 0.15) is 5.70 Å². The number of rotatable bonds is 8. The van der Waals surface area contributed by atoms with Crippen molar-refractivity contribution in [2.75, 3.05) is 20.8 Å². The van der Waals surface area contributed by atoms with Crippen molar-refractivity contribution >= 4 is 29.2 Å². The van der Waals surface area contributed by atoms with Crippen LogP contribution in [0.15, 0.2) is 41.4 Å². The van der Waals surface area contributed by atoms with Gasteiger partial charge in [-0.05, 0) is 54.5 Å². The fourth-order valence-corrected chi connectivity index (χ4v) is 4.23. The average Bonchev–Trinajstić information content (AvgIpc) is 3.30. The van der Waals surface area contributed by atoms with E-state index in [1.165, 1.54) is 44.8 Å². The van der Waals surface area contributed by atoms with Crippen LogP contribution >= 0.6 is 11.3 Å². The highest BCUT2D eigenvalue weighted by Gasteiger charge is 2.19. The van der Waals surface area contributed by atoms with Crippen LogP contribution in [0.25, 0.3) is 6.08 Å². The number of nitrogens with one attached hydrogen (secondary N) is 2. The van der Waals surface area contributed by atoms with Gasteiger partial charge in [0.05, 0.1) is 14.2 Å². The smallest absolute Gasteiger partial charge is 0.267 e. The molecule has 0 aliphatic heterocycles. The van der Waals surface area contributed by atoms with Crippen molar-refractivity contribution in [3.8, 4) is 11.5 Å². The molecule has 3 rings (SSSR count). The summed E-state index contributed by atoms with van der Waals surface area (Å²) in [5.41, 5.74) is 0.609. The van der Waals surface area contributed by atoms with Crippen LogP contribution in [0.2, 0.25) is 0 Å². The quantitative estimate of drug-likeness (QED) is 0.617. The van der Waals surface area contributed by atoms with Crippen LogP contribution in [-0.2, 0) is 4.79 Å². The first kappa shape index (κ1) is 21.9. The first-order chi connectivity index (χ1) is 14.6. The van der Waals surface area contributed by atoms with Gasteiger partial charge < -0.3 is 20.1 Å². The zero-order valence-electron chi connectivity index (χ0n) is 17.4. The molecule has 2 amide bonds. The minimum Gasteiger partial charge on any atom is -0.493 e. The SMILES string of the molecule is COc1ccc(C(=O)N/C(=C\c2cccs2)C(=O)NCC2CCCCC2)cc1OC. The van der Waals surface area contributed by atoms with Crippen LogP contribution in [0.3, 0.4) is 0 Å². The molecule has 6 nitrogen and oxygen atoms in total. The summed E-state index contributed by atoms with van der Waals surface area (Å²) in [5.74, 6) is 0.839. The molecule has 0 bridgehead atoms. The van der Waals surface area contributed by atoms with Gasteiger partial charge >= 0.3 is 0 Å². The van der Waals surface area contributed by atoms with Crippen LogP contribution in [0.1, 0.15) is 47.3 Å². The Balaban J connectivity index is 1.73. The fourth-order valence-electron chi connectivity index (χ4n) is 3.57. The number of amides is 2. The van der Waals surface area contributed by atoms with Gasteiger partial charge in [0, 0.05) is 17.0 Å². The molecule has 0 saturated heterocycles. The Kier molecular flexibility index (Phi) is 7.90. The number of thiophene rings is 1. The highest BCUT2D eigenvalue weighted by molar-refractivity contribution is 7.10. The molecule has 0 unspecified atom stereocenters. The molecular weight excluding hydrogens is 400 g/mol. The summed E-state index contributed by atoms with van der Waals surface area (Å²) in [6, 6.07) is 8.71. The van der Waals surface area contributed by atoms with Gasteiger partial charge in [0.2, 0.25) is 0 Å². The molecule has 0 spiro atoms. The zero-order valence-corrected chi connectivity index (χ0v) is 18.2. The topological polar surface area (TPSA) is 76.7 Å². The number of hydrogen-bond acceptors (Lipinski definition) is 5. The molecule has 1 aromatic heterocycles. The standard InChI is InChI=1S/C23H28N2O4S/c1-28-20-11-10-17(13-21(20)29-2)22(26)25-19(14-18-9-6-12-30-18)23(27)24-15-16-7-4-3-5-8-16/h6,9-14,16H,3-5,7-8,15H2,1-2H3,(H,24,27)(H,25,26)/b19-14-. The molecule has 1 heterocycles. The van der Waals surface area contributed by atoms with E-state index in [9.17, 15) is 9.59 Å². The Bertz CT molecular complexity index is 887. The van der Waals surface area contributed by atoms with Crippen molar-refractivity contribution in [1.29, 1.82) is 0 Å². The van der Waals surface area contributed by atoms with Gasteiger partial charge in [-0.3, -0.25) is 9.59 Å². The Morgan fingerprint density at radius 2 is 1.87 bits per heavy atom. The predicted molar refractivity (Wildman–Crippen MR) is 119 cm³/mol. The Hall–Kier alpha value is -2.80. The number of ether oxygens (including phenoxy) is 2. The van der Waals surface area contributed by atoms with E-state index in [4.69, 9.17) is 9.47 Å². The van der Waals surface area contributed by atoms with E-state index >= 15 is 0 Å². The van der Waals surface area contributed by atoms with E-state index in [1.54, 1.807) is 24.3 Å². The fraction of sp³-hybridized carbons (Fsp3) is 0.391. The maximum absolute atomic E-state index is 12.9. The van der Waals surface area contributed by atoms with Crippen LogP contribution in [0.5, 0.6) is 11.5 Å². The molecule has 1 aliphatic carbocycles. The average molecular weight is 429 g/mol. The molecule has 0 atom stereocenters. The lowest BCUT2D eigenvalue weighted by atomic mass is 9.89. The summed E-state index contributed by atoms with van der Waals surface area (Å²) >= 11 is 1.50. The van der Waals surface area contributed by atoms with Gasteiger partial charge in [-0.15, -0.1) is 11.3 Å². The summed E-state index contributed by atoms with van der Waals surface area (Å²) in [4.78, 5) is 26.6. The lowest BCUT2D eigenvalue weighted by Gasteiger charge is -2.22. The maximum atomic E-state index is 12.9. The number of hydrogen-bond donors (Lipinski definition) is 2. The third-order valence-corrected chi connectivity index (χ3v) is 6.06. The molecule has 1 fully saturated rings. The van der Waals surface area contributed by atoms with Crippen molar-refractivity contribution in [1.82, 2.24) is 10.6 Å². The van der Waals surface area contributed by atoms with E-state index in [1.807, 2.05) is 17.5 Å². The van der Waals surface area contributed by atoms with Crippen molar-refractivity contribution in [3.05, 3.63) is 51.8 Å². The van der Waals surface area contributed by atoms with Crippen molar-refractivity contribution < 1.29 is 19.1 Å². The van der Waals surface area contributed by atoms with Crippen LogP contribution in [-0.4, -0.2) is 32.6 Å². The van der Waals surface area contributed by atoms with E-state index in [2.05, 4.69) is 10.6 Å². The first-order valence-corrected chi connectivity index (χ1v) is 11.1.